The number of carbonyl (C=O) groups is 2. The van der Waals surface area contributed by atoms with E-state index in [2.05, 4.69) is 5.10 Å². The molecular formula is C21H16ClN2O4-. The molecule has 0 saturated heterocycles. The smallest absolute Gasteiger partial charge is 0.185 e. The second-order valence-electron chi connectivity index (χ2n) is 5.92. The van der Waals surface area contributed by atoms with Crippen LogP contribution in [0, 0.1) is 6.92 Å². The van der Waals surface area contributed by atoms with E-state index in [1.165, 1.54) is 12.1 Å². The van der Waals surface area contributed by atoms with Gasteiger partial charge in [-0.05, 0) is 43.3 Å². The molecule has 1 heterocycles. The Hall–Kier alpha value is -3.38. The summed E-state index contributed by atoms with van der Waals surface area (Å²) < 4.78 is 6.65. The Morgan fingerprint density at radius 1 is 1.18 bits per heavy atom. The molecule has 0 aliphatic heterocycles. The third-order valence-electron chi connectivity index (χ3n) is 3.93. The van der Waals surface area contributed by atoms with Crippen LogP contribution in [-0.2, 0) is 4.79 Å². The first-order valence-electron chi connectivity index (χ1n) is 8.41. The average molecular weight is 396 g/mol. The first kappa shape index (κ1) is 19.4. The first-order valence-corrected chi connectivity index (χ1v) is 8.79. The fourth-order valence-corrected chi connectivity index (χ4v) is 2.91. The number of carboxylic acid groups (broad SMARTS) is 1. The van der Waals surface area contributed by atoms with Crippen LogP contribution in [0.4, 0.5) is 0 Å². The van der Waals surface area contributed by atoms with Gasteiger partial charge in [-0.3, -0.25) is 4.79 Å². The van der Waals surface area contributed by atoms with Gasteiger partial charge in [0.1, 0.15) is 17.5 Å². The van der Waals surface area contributed by atoms with Crippen LogP contribution >= 0.6 is 11.6 Å². The summed E-state index contributed by atoms with van der Waals surface area (Å²) in [7, 11) is 0. The van der Waals surface area contributed by atoms with E-state index in [-0.39, 0.29) is 11.5 Å². The normalized spacial score (nSPS) is 10.9. The lowest BCUT2D eigenvalue weighted by atomic mass is 10.1. The molecule has 1 aromatic heterocycles. The average Bonchev–Trinajstić information content (AvgIpc) is 2.99. The summed E-state index contributed by atoms with van der Waals surface area (Å²) in [5.41, 5.74) is 2.50. The number of hydrogen-bond donors (Lipinski definition) is 0. The van der Waals surface area contributed by atoms with Crippen LogP contribution in [-0.4, -0.2) is 28.1 Å². The highest BCUT2D eigenvalue weighted by molar-refractivity contribution is 6.31. The van der Waals surface area contributed by atoms with Gasteiger partial charge in [-0.15, -0.1) is 0 Å². The van der Waals surface area contributed by atoms with E-state index in [0.717, 1.165) is 5.69 Å². The zero-order valence-corrected chi connectivity index (χ0v) is 15.7. The van der Waals surface area contributed by atoms with E-state index in [1.54, 1.807) is 29.0 Å². The van der Waals surface area contributed by atoms with Crippen molar-refractivity contribution in [3.05, 3.63) is 82.6 Å². The van der Waals surface area contributed by atoms with Crippen molar-refractivity contribution in [1.82, 2.24) is 9.78 Å². The molecule has 0 unspecified atom stereocenters. The number of hydrogen-bond acceptors (Lipinski definition) is 5. The van der Waals surface area contributed by atoms with E-state index in [4.69, 9.17) is 16.3 Å². The van der Waals surface area contributed by atoms with Gasteiger partial charge in [-0.25, -0.2) is 4.68 Å². The maximum Gasteiger partial charge on any atom is 0.185 e. The largest absolute Gasteiger partial charge is 0.546 e. The first-order chi connectivity index (χ1) is 13.5. The van der Waals surface area contributed by atoms with Gasteiger partial charge in [0, 0.05) is 11.1 Å². The van der Waals surface area contributed by atoms with Crippen LogP contribution < -0.4 is 9.84 Å². The molecule has 0 radical (unpaired) electrons. The van der Waals surface area contributed by atoms with E-state index < -0.39 is 12.6 Å². The van der Waals surface area contributed by atoms with E-state index in [9.17, 15) is 14.7 Å². The molecule has 3 rings (SSSR count). The Morgan fingerprint density at radius 3 is 2.64 bits per heavy atom. The third kappa shape index (κ3) is 4.47. The highest BCUT2D eigenvalue weighted by atomic mass is 35.5. The molecule has 28 heavy (non-hydrogen) atoms. The van der Waals surface area contributed by atoms with Crippen molar-refractivity contribution in [3.8, 4) is 11.4 Å². The number of para-hydroxylation sites is 1. The lowest BCUT2D eigenvalue weighted by Crippen LogP contribution is -2.28. The highest BCUT2D eigenvalue weighted by Gasteiger charge is 2.13. The van der Waals surface area contributed by atoms with Crippen molar-refractivity contribution >= 4 is 29.4 Å². The van der Waals surface area contributed by atoms with Crippen LogP contribution in [0.25, 0.3) is 11.8 Å². The van der Waals surface area contributed by atoms with Gasteiger partial charge >= 0.3 is 0 Å². The number of aliphatic carboxylic acids is 1. The summed E-state index contributed by atoms with van der Waals surface area (Å²) in [5.74, 6) is -1.34. The number of allylic oxidation sites excluding steroid dienone is 1. The number of halogens is 1. The number of carbonyl (C=O) groups excluding carboxylic acids is 2. The molecule has 0 atom stereocenters. The summed E-state index contributed by atoms with van der Waals surface area (Å²) in [6.45, 7) is 1.23. The second kappa shape index (κ2) is 8.54. The number of ether oxygens (including phenoxy) is 1. The van der Waals surface area contributed by atoms with Crippen LogP contribution in [0.2, 0.25) is 5.15 Å². The van der Waals surface area contributed by atoms with Gasteiger partial charge in [-0.1, -0.05) is 41.9 Å². The lowest BCUT2D eigenvalue weighted by molar-refractivity contribution is -0.307. The Balaban J connectivity index is 1.81. The van der Waals surface area contributed by atoms with Crippen molar-refractivity contribution in [2.75, 3.05) is 6.61 Å². The number of carboxylic acids is 1. The maximum absolute atomic E-state index is 12.5. The van der Waals surface area contributed by atoms with Crippen LogP contribution in [0.15, 0.2) is 60.7 Å². The van der Waals surface area contributed by atoms with Gasteiger partial charge in [-0.2, -0.15) is 5.10 Å². The second-order valence-corrected chi connectivity index (χ2v) is 6.28. The standard InChI is InChI=1S/C21H17ClN2O4/c1-14-18(21(22)24(23-14)16-7-3-2-4-8-16)10-11-19(25)15-6-5-9-17(12-15)28-13-20(26)27/h2-12H,13H2,1H3,(H,26,27)/p-1/b11-10+. The number of benzene rings is 2. The van der Waals surface area contributed by atoms with Crippen molar-refractivity contribution in [2.45, 2.75) is 6.92 Å². The monoisotopic (exact) mass is 395 g/mol. The molecule has 0 N–H and O–H groups in total. The van der Waals surface area contributed by atoms with E-state index in [1.807, 2.05) is 37.3 Å². The molecule has 0 aliphatic rings. The summed E-state index contributed by atoms with van der Waals surface area (Å²) in [5, 5.41) is 15.3. The van der Waals surface area contributed by atoms with Crippen LogP contribution in [0.5, 0.6) is 5.75 Å². The van der Waals surface area contributed by atoms with Crippen molar-refractivity contribution in [2.24, 2.45) is 0 Å². The molecule has 0 amide bonds. The van der Waals surface area contributed by atoms with Crippen LogP contribution in [0.3, 0.4) is 0 Å². The van der Waals surface area contributed by atoms with Crippen molar-refractivity contribution in [3.63, 3.8) is 0 Å². The quantitative estimate of drug-likeness (QED) is 0.453. The fraction of sp³-hybridized carbons (Fsp3) is 0.0952. The molecule has 7 heteroatoms. The Bertz CT molecular complexity index is 1040. The molecule has 6 nitrogen and oxygen atoms in total. The topological polar surface area (TPSA) is 84.2 Å². The van der Waals surface area contributed by atoms with Crippen molar-refractivity contribution in [1.29, 1.82) is 0 Å². The minimum atomic E-state index is -1.34. The summed E-state index contributed by atoms with van der Waals surface area (Å²) in [4.78, 5) is 23.0. The molecule has 3 aromatic rings. The number of ketones is 1. The SMILES string of the molecule is Cc1nn(-c2ccccc2)c(Cl)c1/C=C/C(=O)c1cccc(OCC(=O)[O-])c1. The highest BCUT2D eigenvalue weighted by Crippen LogP contribution is 2.25. The Kier molecular flexibility index (Phi) is 5.91. The van der Waals surface area contributed by atoms with Gasteiger partial charge in [0.2, 0.25) is 0 Å². The van der Waals surface area contributed by atoms with Gasteiger partial charge in [0.05, 0.1) is 17.4 Å². The summed E-state index contributed by atoms with van der Waals surface area (Å²) in [6, 6.07) is 15.7. The Labute approximate surface area is 166 Å². The van der Waals surface area contributed by atoms with Crippen LogP contribution in [0.1, 0.15) is 21.6 Å². The molecule has 0 bridgehead atoms. The lowest BCUT2D eigenvalue weighted by Gasteiger charge is -2.07. The number of rotatable bonds is 7. The molecule has 2 aromatic carbocycles. The maximum atomic E-state index is 12.5. The molecule has 0 saturated carbocycles. The minimum Gasteiger partial charge on any atom is -0.546 e. The number of nitrogens with zero attached hydrogens (tertiary/aromatic N) is 2. The number of aryl methyl sites for hydroxylation is 1. The van der Waals surface area contributed by atoms with E-state index >= 15 is 0 Å². The van der Waals surface area contributed by atoms with Gasteiger partial charge in [0.25, 0.3) is 0 Å². The summed E-state index contributed by atoms with van der Waals surface area (Å²) in [6.07, 6.45) is 3.00. The van der Waals surface area contributed by atoms with Gasteiger partial charge < -0.3 is 14.6 Å². The summed E-state index contributed by atoms with van der Waals surface area (Å²) >= 11 is 6.45. The molecular weight excluding hydrogens is 380 g/mol. The number of aromatic nitrogens is 2. The molecule has 0 fully saturated rings. The molecule has 142 valence electrons. The molecule has 0 aliphatic carbocycles. The van der Waals surface area contributed by atoms with Gasteiger partial charge in [0.15, 0.2) is 5.78 Å². The predicted octanol–water partition coefficient (Wildman–Crippen LogP) is 2.86. The van der Waals surface area contributed by atoms with E-state index in [0.29, 0.717) is 22.0 Å². The molecule has 0 spiro atoms. The fourth-order valence-electron chi connectivity index (χ4n) is 2.58. The predicted molar refractivity (Wildman–Crippen MR) is 104 cm³/mol. The van der Waals surface area contributed by atoms with Crippen molar-refractivity contribution < 1.29 is 19.4 Å². The Morgan fingerprint density at radius 2 is 1.93 bits per heavy atom. The minimum absolute atomic E-state index is 0.273. The zero-order valence-electron chi connectivity index (χ0n) is 15.0. The third-order valence-corrected chi connectivity index (χ3v) is 4.29. The zero-order chi connectivity index (χ0) is 20.1.